The second-order valence-corrected chi connectivity index (χ2v) is 8.32. The van der Waals surface area contributed by atoms with Gasteiger partial charge < -0.3 is 25.4 Å². The minimum absolute atomic E-state index is 0.278. The van der Waals surface area contributed by atoms with Gasteiger partial charge in [0, 0.05) is 25.2 Å². The second kappa shape index (κ2) is 9.30. The summed E-state index contributed by atoms with van der Waals surface area (Å²) in [4.78, 5) is 13.8. The molecule has 0 fully saturated rings. The van der Waals surface area contributed by atoms with E-state index in [2.05, 4.69) is 32.5 Å². The predicted octanol–water partition coefficient (Wildman–Crippen LogP) is 3.83. The highest BCUT2D eigenvalue weighted by molar-refractivity contribution is 5.84. The van der Waals surface area contributed by atoms with E-state index in [1.807, 2.05) is 29.7 Å². The normalized spacial score (nSPS) is 11.8. The van der Waals surface area contributed by atoms with Crippen molar-refractivity contribution in [2.45, 2.75) is 65.6 Å². The second-order valence-electron chi connectivity index (χ2n) is 8.32. The van der Waals surface area contributed by atoms with Gasteiger partial charge in [0.05, 0.1) is 11.9 Å². The summed E-state index contributed by atoms with van der Waals surface area (Å²) in [6.07, 6.45) is 5.14. The van der Waals surface area contributed by atoms with E-state index in [1.54, 1.807) is 20.2 Å². The van der Waals surface area contributed by atoms with Crippen molar-refractivity contribution >= 4 is 22.9 Å². The van der Waals surface area contributed by atoms with E-state index in [9.17, 15) is 10.2 Å². The quantitative estimate of drug-likeness (QED) is 0.375. The van der Waals surface area contributed by atoms with Crippen LogP contribution in [-0.2, 0) is 13.1 Å². The zero-order chi connectivity index (χ0) is 21.7. The zero-order valence-corrected chi connectivity index (χ0v) is 18.2. The standard InChI is InChI=1S/C22H32N6O2/c1-5-6-7-11-28-14-25-17-19(23-12-16-10-8-9-15(2)18(16)29)26-21(27-20(17)28)24-13-22(3,4)30/h8-10,14,29-30H,5-7,11-13H2,1-4H3,(H2,23,24,26,27). The minimum Gasteiger partial charge on any atom is -0.507 e. The van der Waals surface area contributed by atoms with E-state index in [0.29, 0.717) is 30.4 Å². The Morgan fingerprint density at radius 2 is 1.93 bits per heavy atom. The van der Waals surface area contributed by atoms with E-state index in [0.717, 1.165) is 42.6 Å². The van der Waals surface area contributed by atoms with Crippen LogP contribution in [-0.4, -0.2) is 41.9 Å². The number of anilines is 2. The zero-order valence-electron chi connectivity index (χ0n) is 18.2. The van der Waals surface area contributed by atoms with Crippen LogP contribution in [0.1, 0.15) is 51.2 Å². The number of aromatic nitrogens is 4. The first kappa shape index (κ1) is 21.8. The lowest BCUT2D eigenvalue weighted by Gasteiger charge is -2.18. The van der Waals surface area contributed by atoms with Crippen LogP contribution in [0.25, 0.3) is 11.2 Å². The first-order valence-corrected chi connectivity index (χ1v) is 10.5. The molecular weight excluding hydrogens is 380 g/mol. The monoisotopic (exact) mass is 412 g/mol. The molecule has 0 saturated heterocycles. The van der Waals surface area contributed by atoms with Crippen LogP contribution in [0.3, 0.4) is 0 Å². The highest BCUT2D eigenvalue weighted by atomic mass is 16.3. The van der Waals surface area contributed by atoms with Gasteiger partial charge in [0.2, 0.25) is 5.95 Å². The molecule has 0 atom stereocenters. The molecule has 0 amide bonds. The number of unbranched alkanes of at least 4 members (excludes halogenated alkanes) is 2. The summed E-state index contributed by atoms with van der Waals surface area (Å²) < 4.78 is 2.04. The highest BCUT2D eigenvalue weighted by Crippen LogP contribution is 2.25. The van der Waals surface area contributed by atoms with E-state index < -0.39 is 5.60 Å². The van der Waals surface area contributed by atoms with Crippen molar-refractivity contribution < 1.29 is 10.2 Å². The lowest BCUT2D eigenvalue weighted by Crippen LogP contribution is -2.30. The summed E-state index contributed by atoms with van der Waals surface area (Å²) in [7, 11) is 0. The number of para-hydroxylation sites is 1. The number of aryl methyl sites for hydroxylation is 2. The third-order valence-corrected chi connectivity index (χ3v) is 4.91. The van der Waals surface area contributed by atoms with Gasteiger partial charge in [-0.05, 0) is 32.8 Å². The van der Waals surface area contributed by atoms with Gasteiger partial charge in [0.1, 0.15) is 5.75 Å². The maximum absolute atomic E-state index is 10.3. The number of imidazole rings is 1. The van der Waals surface area contributed by atoms with Gasteiger partial charge in [-0.3, -0.25) is 0 Å². The molecule has 3 aromatic rings. The average Bonchev–Trinajstić information content (AvgIpc) is 3.10. The Morgan fingerprint density at radius 1 is 1.13 bits per heavy atom. The summed E-state index contributed by atoms with van der Waals surface area (Å²) in [5, 5.41) is 26.8. The number of benzene rings is 1. The molecule has 30 heavy (non-hydrogen) atoms. The van der Waals surface area contributed by atoms with Crippen LogP contribution in [0.15, 0.2) is 24.5 Å². The van der Waals surface area contributed by atoms with Crippen LogP contribution < -0.4 is 10.6 Å². The van der Waals surface area contributed by atoms with E-state index >= 15 is 0 Å². The number of aliphatic hydroxyl groups is 1. The van der Waals surface area contributed by atoms with Crippen LogP contribution >= 0.6 is 0 Å². The van der Waals surface area contributed by atoms with Gasteiger partial charge in [-0.15, -0.1) is 0 Å². The fourth-order valence-corrected chi connectivity index (χ4v) is 3.18. The molecule has 0 aliphatic carbocycles. The summed E-state index contributed by atoms with van der Waals surface area (Å²) in [6, 6.07) is 5.67. The SMILES string of the molecule is CCCCCn1cnc2c(NCc3cccc(C)c3O)nc(NCC(C)(C)O)nc21. The van der Waals surface area contributed by atoms with Crippen molar-refractivity contribution in [3.8, 4) is 5.75 Å². The molecule has 2 heterocycles. The number of phenols is 1. The third kappa shape index (κ3) is 5.38. The largest absolute Gasteiger partial charge is 0.507 e. The molecule has 1 aromatic carbocycles. The smallest absolute Gasteiger partial charge is 0.226 e. The molecule has 3 rings (SSSR count). The van der Waals surface area contributed by atoms with Crippen LogP contribution in [0, 0.1) is 6.92 Å². The van der Waals surface area contributed by atoms with Crippen molar-refractivity contribution in [3.63, 3.8) is 0 Å². The number of nitrogens with zero attached hydrogens (tertiary/aromatic N) is 4. The van der Waals surface area contributed by atoms with Gasteiger partial charge in [-0.2, -0.15) is 9.97 Å². The number of nitrogens with one attached hydrogen (secondary N) is 2. The molecule has 0 bridgehead atoms. The summed E-state index contributed by atoms with van der Waals surface area (Å²) >= 11 is 0. The Hall–Kier alpha value is -2.87. The fourth-order valence-electron chi connectivity index (χ4n) is 3.18. The topological polar surface area (TPSA) is 108 Å². The van der Waals surface area contributed by atoms with Crippen molar-refractivity contribution in [1.82, 2.24) is 19.5 Å². The fraction of sp³-hybridized carbons (Fsp3) is 0.500. The molecule has 0 radical (unpaired) electrons. The summed E-state index contributed by atoms with van der Waals surface area (Å²) in [6.45, 7) is 9.08. The lowest BCUT2D eigenvalue weighted by atomic mass is 10.1. The summed E-state index contributed by atoms with van der Waals surface area (Å²) in [5.74, 6) is 1.30. The number of fused-ring (bicyclic) bond motifs is 1. The Labute approximate surface area is 177 Å². The number of hydrogen-bond donors (Lipinski definition) is 4. The van der Waals surface area contributed by atoms with Crippen LogP contribution in [0.5, 0.6) is 5.75 Å². The lowest BCUT2D eigenvalue weighted by molar-refractivity contribution is 0.0943. The van der Waals surface area contributed by atoms with Crippen molar-refractivity contribution in [2.75, 3.05) is 17.2 Å². The van der Waals surface area contributed by atoms with E-state index in [4.69, 9.17) is 0 Å². The first-order chi connectivity index (χ1) is 14.3. The van der Waals surface area contributed by atoms with Crippen molar-refractivity contribution in [2.24, 2.45) is 0 Å². The van der Waals surface area contributed by atoms with Gasteiger partial charge in [0.25, 0.3) is 0 Å². The van der Waals surface area contributed by atoms with Crippen LogP contribution in [0.2, 0.25) is 0 Å². The Bertz CT molecular complexity index is 993. The number of phenolic OH excluding ortho intramolecular Hbond substituents is 1. The molecule has 162 valence electrons. The van der Waals surface area contributed by atoms with Gasteiger partial charge in [0.15, 0.2) is 17.0 Å². The first-order valence-electron chi connectivity index (χ1n) is 10.5. The number of hydrogen-bond acceptors (Lipinski definition) is 7. The van der Waals surface area contributed by atoms with Crippen LogP contribution in [0.4, 0.5) is 11.8 Å². The predicted molar refractivity (Wildman–Crippen MR) is 120 cm³/mol. The third-order valence-electron chi connectivity index (χ3n) is 4.91. The Morgan fingerprint density at radius 3 is 2.67 bits per heavy atom. The highest BCUT2D eigenvalue weighted by Gasteiger charge is 2.17. The molecule has 8 heteroatoms. The molecule has 0 saturated carbocycles. The van der Waals surface area contributed by atoms with Gasteiger partial charge in [-0.1, -0.05) is 38.0 Å². The molecule has 4 N–H and O–H groups in total. The maximum Gasteiger partial charge on any atom is 0.226 e. The molecule has 0 unspecified atom stereocenters. The molecule has 0 spiro atoms. The molecular formula is C22H32N6O2. The summed E-state index contributed by atoms with van der Waals surface area (Å²) in [5.41, 5.74) is 2.16. The molecule has 0 aliphatic rings. The Kier molecular flexibility index (Phi) is 6.77. The van der Waals surface area contributed by atoms with E-state index in [1.165, 1.54) is 0 Å². The number of rotatable bonds is 10. The van der Waals surface area contributed by atoms with Gasteiger partial charge >= 0.3 is 0 Å². The minimum atomic E-state index is -0.888. The molecule has 8 nitrogen and oxygen atoms in total. The molecule has 2 aromatic heterocycles. The van der Waals surface area contributed by atoms with Gasteiger partial charge in [-0.25, -0.2) is 4.98 Å². The Balaban J connectivity index is 1.90. The van der Waals surface area contributed by atoms with E-state index in [-0.39, 0.29) is 5.75 Å². The maximum atomic E-state index is 10.3. The number of aromatic hydroxyl groups is 1. The average molecular weight is 413 g/mol. The van der Waals surface area contributed by atoms with Crippen molar-refractivity contribution in [3.05, 3.63) is 35.7 Å². The molecule has 0 aliphatic heterocycles. The van der Waals surface area contributed by atoms with Crippen molar-refractivity contribution in [1.29, 1.82) is 0 Å².